The predicted molar refractivity (Wildman–Crippen MR) is 80.1 cm³/mol. The Labute approximate surface area is 120 Å². The first-order valence-corrected chi connectivity index (χ1v) is 7.58. The maximum absolute atomic E-state index is 11.8. The monoisotopic (exact) mass is 273 g/mol. The highest BCUT2D eigenvalue weighted by Gasteiger charge is 2.29. The predicted octanol–water partition coefficient (Wildman–Crippen LogP) is 1.90. The van der Waals surface area contributed by atoms with E-state index in [1.54, 1.807) is 0 Å². The second-order valence-electron chi connectivity index (χ2n) is 6.04. The lowest BCUT2D eigenvalue weighted by Crippen LogP contribution is -2.32. The molecule has 0 saturated heterocycles. The minimum Gasteiger partial charge on any atom is -0.399 e. The number of anilines is 1. The molecule has 0 aliphatic heterocycles. The van der Waals surface area contributed by atoms with Crippen molar-refractivity contribution in [3.8, 4) is 0 Å². The summed E-state index contributed by atoms with van der Waals surface area (Å²) in [5, 5.41) is 3.06. The van der Waals surface area contributed by atoms with Gasteiger partial charge in [-0.15, -0.1) is 0 Å². The number of benzene rings is 1. The van der Waals surface area contributed by atoms with Crippen molar-refractivity contribution in [3.05, 3.63) is 29.8 Å². The van der Waals surface area contributed by atoms with Crippen LogP contribution in [0.3, 0.4) is 0 Å². The summed E-state index contributed by atoms with van der Waals surface area (Å²) in [6.45, 7) is 1.74. The summed E-state index contributed by atoms with van der Waals surface area (Å²) >= 11 is 0. The Kier molecular flexibility index (Phi) is 3.92. The van der Waals surface area contributed by atoms with Crippen molar-refractivity contribution < 1.29 is 4.79 Å². The van der Waals surface area contributed by atoms with Gasteiger partial charge in [-0.1, -0.05) is 12.1 Å². The summed E-state index contributed by atoms with van der Waals surface area (Å²) in [7, 11) is 0. The van der Waals surface area contributed by atoms with Crippen LogP contribution < -0.4 is 11.1 Å². The Balaban J connectivity index is 1.51. The fourth-order valence-electron chi connectivity index (χ4n) is 2.53. The van der Waals surface area contributed by atoms with E-state index in [-0.39, 0.29) is 5.91 Å². The molecule has 2 aliphatic carbocycles. The Hall–Kier alpha value is -1.55. The average molecular weight is 273 g/mol. The van der Waals surface area contributed by atoms with E-state index in [0.29, 0.717) is 18.5 Å². The highest BCUT2D eigenvalue weighted by Crippen LogP contribution is 2.28. The van der Waals surface area contributed by atoms with Crippen LogP contribution in [0.15, 0.2) is 24.3 Å². The molecule has 0 radical (unpaired) electrons. The maximum atomic E-state index is 11.8. The van der Waals surface area contributed by atoms with Crippen LogP contribution in [0.5, 0.6) is 0 Å². The molecule has 0 bridgehead atoms. The van der Waals surface area contributed by atoms with Gasteiger partial charge in [0.2, 0.25) is 5.91 Å². The molecule has 2 aliphatic rings. The highest BCUT2D eigenvalue weighted by atomic mass is 16.1. The molecule has 108 valence electrons. The molecule has 4 heteroatoms. The number of rotatable bonds is 7. The van der Waals surface area contributed by atoms with E-state index >= 15 is 0 Å². The van der Waals surface area contributed by atoms with Crippen molar-refractivity contribution in [1.29, 1.82) is 0 Å². The molecule has 3 N–H and O–H groups in total. The summed E-state index contributed by atoms with van der Waals surface area (Å²) in [5.74, 6) is 0.200. The van der Waals surface area contributed by atoms with Gasteiger partial charge in [0.25, 0.3) is 0 Å². The number of carbonyl (C=O) groups excluding carboxylic acids is 1. The van der Waals surface area contributed by atoms with E-state index in [4.69, 9.17) is 5.73 Å². The summed E-state index contributed by atoms with van der Waals surface area (Å²) in [5.41, 5.74) is 7.87. The molecule has 20 heavy (non-hydrogen) atoms. The van der Waals surface area contributed by atoms with Gasteiger partial charge < -0.3 is 11.1 Å². The number of nitrogens with one attached hydrogen (secondary N) is 1. The van der Waals surface area contributed by atoms with Crippen LogP contribution in [0.4, 0.5) is 5.69 Å². The first-order valence-electron chi connectivity index (χ1n) is 7.58. The molecule has 0 unspecified atom stereocenters. The third kappa shape index (κ3) is 3.97. The Morgan fingerprint density at radius 2 is 2.10 bits per heavy atom. The zero-order valence-corrected chi connectivity index (χ0v) is 11.8. The van der Waals surface area contributed by atoms with Gasteiger partial charge in [0.15, 0.2) is 0 Å². The Morgan fingerprint density at radius 1 is 1.30 bits per heavy atom. The van der Waals surface area contributed by atoms with Crippen molar-refractivity contribution in [2.45, 2.75) is 50.7 Å². The van der Waals surface area contributed by atoms with Gasteiger partial charge in [-0.25, -0.2) is 0 Å². The largest absolute Gasteiger partial charge is 0.399 e. The smallest absolute Gasteiger partial charge is 0.221 e. The summed E-state index contributed by atoms with van der Waals surface area (Å²) in [6, 6.07) is 9.16. The molecule has 1 amide bonds. The number of hydrogen-bond acceptors (Lipinski definition) is 3. The summed E-state index contributed by atoms with van der Waals surface area (Å²) in [4.78, 5) is 14.2. The lowest BCUT2D eigenvalue weighted by atomic mass is 10.2. The first kappa shape index (κ1) is 13.4. The van der Waals surface area contributed by atoms with Crippen LogP contribution in [0.1, 0.15) is 37.7 Å². The molecule has 0 aromatic heterocycles. The third-order valence-corrected chi connectivity index (χ3v) is 3.97. The molecule has 3 rings (SSSR count). The van der Waals surface area contributed by atoms with E-state index in [0.717, 1.165) is 31.6 Å². The lowest BCUT2D eigenvalue weighted by molar-refractivity contribution is -0.121. The number of amides is 1. The van der Waals surface area contributed by atoms with Crippen molar-refractivity contribution in [2.75, 3.05) is 12.3 Å². The molecule has 1 aromatic rings. The Bertz CT molecular complexity index is 480. The van der Waals surface area contributed by atoms with Gasteiger partial charge in [-0.2, -0.15) is 0 Å². The van der Waals surface area contributed by atoms with Gasteiger partial charge in [-0.3, -0.25) is 9.69 Å². The lowest BCUT2D eigenvalue weighted by Gasteiger charge is -2.22. The van der Waals surface area contributed by atoms with Crippen molar-refractivity contribution in [3.63, 3.8) is 0 Å². The first-order chi connectivity index (χ1) is 9.70. The van der Waals surface area contributed by atoms with Crippen molar-refractivity contribution in [2.24, 2.45) is 0 Å². The van der Waals surface area contributed by atoms with Gasteiger partial charge in [0.05, 0.1) is 0 Å². The molecule has 2 saturated carbocycles. The normalized spacial score (nSPS) is 18.2. The molecular weight excluding hydrogens is 250 g/mol. The molecule has 0 spiro atoms. The minimum atomic E-state index is 0.200. The molecule has 0 atom stereocenters. The van der Waals surface area contributed by atoms with Crippen molar-refractivity contribution in [1.82, 2.24) is 10.2 Å². The maximum Gasteiger partial charge on any atom is 0.221 e. The van der Waals surface area contributed by atoms with Gasteiger partial charge in [-0.05, 0) is 43.4 Å². The van der Waals surface area contributed by atoms with Gasteiger partial charge in [0.1, 0.15) is 0 Å². The fraction of sp³-hybridized carbons (Fsp3) is 0.562. The molecular formula is C16H23N3O. The van der Waals surface area contributed by atoms with E-state index in [9.17, 15) is 4.79 Å². The van der Waals surface area contributed by atoms with Crippen LogP contribution in [0.25, 0.3) is 0 Å². The molecule has 2 fully saturated rings. The van der Waals surface area contributed by atoms with E-state index in [1.807, 2.05) is 18.2 Å². The topological polar surface area (TPSA) is 58.4 Å². The van der Waals surface area contributed by atoms with Gasteiger partial charge in [0, 0.05) is 37.3 Å². The van der Waals surface area contributed by atoms with Crippen LogP contribution >= 0.6 is 0 Å². The van der Waals surface area contributed by atoms with Crippen LogP contribution in [0, 0.1) is 0 Å². The number of nitrogens with zero attached hydrogens (tertiary/aromatic N) is 1. The zero-order valence-electron chi connectivity index (χ0n) is 11.8. The minimum absolute atomic E-state index is 0.200. The summed E-state index contributed by atoms with van der Waals surface area (Å²) in [6.07, 6.45) is 5.43. The standard InChI is InChI=1S/C16H23N3O/c17-13-3-1-2-12(10-13)11-19(15-6-7-15)9-8-16(20)18-14-4-5-14/h1-3,10,14-15H,4-9,11,17H2,(H,18,20). The highest BCUT2D eigenvalue weighted by molar-refractivity contribution is 5.76. The number of nitrogen functional groups attached to an aromatic ring is 1. The van der Waals surface area contributed by atoms with Crippen molar-refractivity contribution >= 4 is 11.6 Å². The van der Waals surface area contributed by atoms with E-state index in [2.05, 4.69) is 16.3 Å². The zero-order chi connectivity index (χ0) is 13.9. The average Bonchev–Trinajstić information content (AvgIpc) is 3.27. The van der Waals surface area contributed by atoms with Crippen LogP contribution in [0.2, 0.25) is 0 Å². The fourth-order valence-corrected chi connectivity index (χ4v) is 2.53. The Morgan fingerprint density at radius 3 is 2.75 bits per heavy atom. The number of nitrogens with two attached hydrogens (primary N) is 1. The molecule has 4 nitrogen and oxygen atoms in total. The SMILES string of the molecule is Nc1cccc(CN(CCC(=O)NC2CC2)C2CC2)c1. The third-order valence-electron chi connectivity index (χ3n) is 3.97. The summed E-state index contributed by atoms with van der Waals surface area (Å²) < 4.78 is 0. The molecule has 0 heterocycles. The van der Waals surface area contributed by atoms with Gasteiger partial charge >= 0.3 is 0 Å². The molecule has 1 aromatic carbocycles. The van der Waals surface area contributed by atoms with E-state index < -0.39 is 0 Å². The number of carbonyl (C=O) groups is 1. The second-order valence-corrected chi connectivity index (χ2v) is 6.04. The second kappa shape index (κ2) is 5.83. The quantitative estimate of drug-likeness (QED) is 0.746. The van der Waals surface area contributed by atoms with E-state index in [1.165, 1.54) is 18.4 Å². The van der Waals surface area contributed by atoms with Crippen LogP contribution in [-0.2, 0) is 11.3 Å². The van der Waals surface area contributed by atoms with Crippen LogP contribution in [-0.4, -0.2) is 29.4 Å². The number of hydrogen-bond donors (Lipinski definition) is 2.